The van der Waals surface area contributed by atoms with E-state index in [0.29, 0.717) is 27.2 Å². The van der Waals surface area contributed by atoms with E-state index >= 15 is 0 Å². The maximum atomic E-state index is 12.1. The number of carbonyl (C=O) groups excluding carboxylic acids is 2. The minimum atomic E-state index is -0.383. The molecule has 0 radical (unpaired) electrons. The highest BCUT2D eigenvalue weighted by atomic mass is 35.5. The van der Waals surface area contributed by atoms with E-state index in [1.54, 1.807) is 30.3 Å². The summed E-state index contributed by atoms with van der Waals surface area (Å²) >= 11 is 11.8. The zero-order valence-corrected chi connectivity index (χ0v) is 14.9. The molecule has 0 atom stereocenters. The van der Waals surface area contributed by atoms with E-state index in [4.69, 9.17) is 23.2 Å². The van der Waals surface area contributed by atoms with Crippen molar-refractivity contribution in [2.75, 3.05) is 11.9 Å². The standard InChI is InChI=1S/C18H18Cl2N2O2/c1-11(2)12-3-5-13(6-4-12)18(24)21-10-17(23)22-16-9-14(19)7-8-15(16)20/h3-9,11H,10H2,1-2H3,(H,21,24)(H,22,23). The van der Waals surface area contributed by atoms with Gasteiger partial charge in [0.15, 0.2) is 0 Å². The van der Waals surface area contributed by atoms with Gasteiger partial charge in [-0.2, -0.15) is 0 Å². The second-order valence-electron chi connectivity index (χ2n) is 5.63. The first-order chi connectivity index (χ1) is 11.4. The molecule has 0 saturated carbocycles. The first-order valence-electron chi connectivity index (χ1n) is 7.50. The fourth-order valence-electron chi connectivity index (χ4n) is 2.07. The number of hydrogen-bond donors (Lipinski definition) is 2. The molecule has 0 aromatic heterocycles. The molecule has 6 heteroatoms. The van der Waals surface area contributed by atoms with Gasteiger partial charge in [-0.3, -0.25) is 9.59 Å². The Morgan fingerprint density at radius 3 is 2.33 bits per heavy atom. The molecule has 2 aromatic rings. The van der Waals surface area contributed by atoms with E-state index < -0.39 is 0 Å². The Hall–Kier alpha value is -2.04. The Morgan fingerprint density at radius 1 is 1.04 bits per heavy atom. The van der Waals surface area contributed by atoms with Gasteiger partial charge >= 0.3 is 0 Å². The van der Waals surface area contributed by atoms with Crippen LogP contribution in [0.4, 0.5) is 5.69 Å². The second kappa shape index (κ2) is 8.18. The maximum absolute atomic E-state index is 12.1. The molecule has 24 heavy (non-hydrogen) atoms. The number of rotatable bonds is 5. The van der Waals surface area contributed by atoms with Crippen molar-refractivity contribution in [3.05, 3.63) is 63.6 Å². The van der Waals surface area contributed by atoms with Crippen LogP contribution in [0, 0.1) is 0 Å². The molecule has 0 saturated heterocycles. The van der Waals surface area contributed by atoms with Crippen LogP contribution in [-0.2, 0) is 4.79 Å². The third-order valence-electron chi connectivity index (χ3n) is 3.45. The molecular formula is C18H18Cl2N2O2. The van der Waals surface area contributed by atoms with Crippen molar-refractivity contribution in [2.45, 2.75) is 19.8 Å². The molecule has 0 aliphatic heterocycles. The number of benzene rings is 2. The molecule has 4 nitrogen and oxygen atoms in total. The summed E-state index contributed by atoms with van der Waals surface area (Å²) in [5.74, 6) is -0.292. The predicted molar refractivity (Wildman–Crippen MR) is 98.0 cm³/mol. The Morgan fingerprint density at radius 2 is 1.71 bits per heavy atom. The first-order valence-corrected chi connectivity index (χ1v) is 8.25. The summed E-state index contributed by atoms with van der Waals surface area (Å²) < 4.78 is 0. The van der Waals surface area contributed by atoms with Crippen molar-refractivity contribution in [1.82, 2.24) is 5.32 Å². The highest BCUT2D eigenvalue weighted by Gasteiger charge is 2.10. The van der Waals surface area contributed by atoms with Crippen LogP contribution in [0.15, 0.2) is 42.5 Å². The van der Waals surface area contributed by atoms with Gasteiger partial charge in [0, 0.05) is 10.6 Å². The first kappa shape index (κ1) is 18.3. The Labute approximate surface area is 151 Å². The summed E-state index contributed by atoms with van der Waals surface area (Å²) in [6, 6.07) is 12.1. The fraction of sp³-hybridized carbons (Fsp3) is 0.222. The second-order valence-corrected chi connectivity index (χ2v) is 6.48. The minimum absolute atomic E-state index is 0.159. The van der Waals surface area contributed by atoms with Crippen LogP contribution in [0.2, 0.25) is 10.0 Å². The Balaban J connectivity index is 1.91. The van der Waals surface area contributed by atoms with Crippen molar-refractivity contribution >= 4 is 40.7 Å². The van der Waals surface area contributed by atoms with Crippen molar-refractivity contribution in [3.63, 3.8) is 0 Å². The van der Waals surface area contributed by atoms with E-state index in [1.165, 1.54) is 0 Å². The summed E-state index contributed by atoms with van der Waals surface area (Å²) in [5, 5.41) is 6.03. The van der Waals surface area contributed by atoms with Crippen LogP contribution >= 0.6 is 23.2 Å². The maximum Gasteiger partial charge on any atom is 0.251 e. The van der Waals surface area contributed by atoms with Gasteiger partial charge < -0.3 is 10.6 Å². The average molecular weight is 365 g/mol. The number of amides is 2. The van der Waals surface area contributed by atoms with Crippen molar-refractivity contribution < 1.29 is 9.59 Å². The lowest BCUT2D eigenvalue weighted by molar-refractivity contribution is -0.115. The normalized spacial score (nSPS) is 10.5. The van der Waals surface area contributed by atoms with E-state index in [2.05, 4.69) is 24.5 Å². The molecular weight excluding hydrogens is 347 g/mol. The molecule has 126 valence electrons. The van der Waals surface area contributed by atoms with Gasteiger partial charge in [0.05, 0.1) is 17.3 Å². The van der Waals surface area contributed by atoms with Crippen LogP contribution in [0.5, 0.6) is 0 Å². The van der Waals surface area contributed by atoms with Crippen molar-refractivity contribution in [2.24, 2.45) is 0 Å². The van der Waals surface area contributed by atoms with Gasteiger partial charge in [0.2, 0.25) is 5.91 Å². The van der Waals surface area contributed by atoms with Crippen LogP contribution in [-0.4, -0.2) is 18.4 Å². The van der Waals surface area contributed by atoms with E-state index in [0.717, 1.165) is 5.56 Å². The molecule has 2 aromatic carbocycles. The lowest BCUT2D eigenvalue weighted by Gasteiger charge is -2.10. The van der Waals surface area contributed by atoms with Crippen molar-refractivity contribution in [1.29, 1.82) is 0 Å². The van der Waals surface area contributed by atoms with E-state index in [9.17, 15) is 9.59 Å². The van der Waals surface area contributed by atoms with Gasteiger partial charge in [-0.1, -0.05) is 49.2 Å². The molecule has 0 aliphatic rings. The SMILES string of the molecule is CC(C)c1ccc(C(=O)NCC(=O)Nc2cc(Cl)ccc2Cl)cc1. The van der Waals surface area contributed by atoms with Gasteiger partial charge in [0.25, 0.3) is 5.91 Å². The molecule has 2 rings (SSSR count). The summed E-state index contributed by atoms with van der Waals surface area (Å²) in [6.45, 7) is 4.01. The average Bonchev–Trinajstić information content (AvgIpc) is 2.56. The van der Waals surface area contributed by atoms with Gasteiger partial charge in [-0.15, -0.1) is 0 Å². The zero-order chi connectivity index (χ0) is 17.7. The van der Waals surface area contributed by atoms with Crippen LogP contribution in [0.3, 0.4) is 0 Å². The fourth-order valence-corrected chi connectivity index (χ4v) is 2.41. The number of nitrogens with one attached hydrogen (secondary N) is 2. The molecule has 0 spiro atoms. The number of hydrogen-bond acceptors (Lipinski definition) is 2. The smallest absolute Gasteiger partial charge is 0.251 e. The monoisotopic (exact) mass is 364 g/mol. The lowest BCUT2D eigenvalue weighted by Crippen LogP contribution is -2.32. The molecule has 0 unspecified atom stereocenters. The molecule has 0 fully saturated rings. The third-order valence-corrected chi connectivity index (χ3v) is 4.02. The minimum Gasteiger partial charge on any atom is -0.343 e. The molecule has 2 N–H and O–H groups in total. The quantitative estimate of drug-likeness (QED) is 0.821. The summed E-state index contributed by atoms with van der Waals surface area (Å²) in [7, 11) is 0. The van der Waals surface area contributed by atoms with Gasteiger partial charge in [0.1, 0.15) is 0 Å². The van der Waals surface area contributed by atoms with E-state index in [1.807, 2.05) is 12.1 Å². The number of halogens is 2. The van der Waals surface area contributed by atoms with E-state index in [-0.39, 0.29) is 18.4 Å². The van der Waals surface area contributed by atoms with Gasteiger partial charge in [-0.25, -0.2) is 0 Å². The largest absolute Gasteiger partial charge is 0.343 e. The predicted octanol–water partition coefficient (Wildman–Crippen LogP) is 4.49. The lowest BCUT2D eigenvalue weighted by atomic mass is 10.0. The molecule has 0 heterocycles. The molecule has 2 amide bonds. The highest BCUT2D eigenvalue weighted by Crippen LogP contribution is 2.25. The van der Waals surface area contributed by atoms with Crippen LogP contribution in [0.25, 0.3) is 0 Å². The molecule has 0 aliphatic carbocycles. The summed E-state index contributed by atoms with van der Waals surface area (Å²) in [6.07, 6.45) is 0. The van der Waals surface area contributed by atoms with Crippen LogP contribution < -0.4 is 10.6 Å². The zero-order valence-electron chi connectivity index (χ0n) is 13.4. The summed E-state index contributed by atoms with van der Waals surface area (Å²) in [4.78, 5) is 24.0. The van der Waals surface area contributed by atoms with Crippen LogP contribution in [0.1, 0.15) is 35.7 Å². The van der Waals surface area contributed by atoms with Crippen molar-refractivity contribution in [3.8, 4) is 0 Å². The summed E-state index contributed by atoms with van der Waals surface area (Å²) in [5.41, 5.74) is 2.07. The number of anilines is 1. The van der Waals surface area contributed by atoms with Gasteiger partial charge in [-0.05, 0) is 41.8 Å². The number of carbonyl (C=O) groups is 2. The Kier molecular flexibility index (Phi) is 6.23. The molecule has 0 bridgehead atoms. The Bertz CT molecular complexity index is 743. The highest BCUT2D eigenvalue weighted by molar-refractivity contribution is 6.35. The topological polar surface area (TPSA) is 58.2 Å². The third kappa shape index (κ3) is 4.98.